The standard InChI is InChI=1S/C14H9F5O/c1-6-4-2-3-5-7(6)14(20)8-9(15)11(17)13(19)12(18)10(8)16/h2-5,14,20H,1H3. The summed E-state index contributed by atoms with van der Waals surface area (Å²) in [5, 5.41) is 9.94. The van der Waals surface area contributed by atoms with Gasteiger partial charge in [0.15, 0.2) is 23.3 Å². The molecule has 1 unspecified atom stereocenters. The molecule has 0 aromatic heterocycles. The van der Waals surface area contributed by atoms with E-state index in [4.69, 9.17) is 0 Å². The molecule has 0 amide bonds. The zero-order valence-corrected chi connectivity index (χ0v) is 10.2. The maximum absolute atomic E-state index is 13.6. The van der Waals surface area contributed by atoms with Crippen molar-refractivity contribution in [1.82, 2.24) is 0 Å². The predicted molar refractivity (Wildman–Crippen MR) is 61.5 cm³/mol. The lowest BCUT2D eigenvalue weighted by Gasteiger charge is -2.16. The van der Waals surface area contributed by atoms with Gasteiger partial charge in [0.05, 0.1) is 5.56 Å². The smallest absolute Gasteiger partial charge is 0.200 e. The zero-order valence-electron chi connectivity index (χ0n) is 10.2. The van der Waals surface area contributed by atoms with Gasteiger partial charge in [-0.05, 0) is 18.1 Å². The third kappa shape index (κ3) is 2.16. The van der Waals surface area contributed by atoms with Crippen LogP contribution in [0.4, 0.5) is 22.0 Å². The van der Waals surface area contributed by atoms with Crippen LogP contribution < -0.4 is 0 Å². The van der Waals surface area contributed by atoms with Crippen LogP contribution in [-0.4, -0.2) is 5.11 Å². The lowest BCUT2D eigenvalue weighted by Crippen LogP contribution is -2.13. The Morgan fingerprint density at radius 1 is 0.800 bits per heavy atom. The molecule has 6 heteroatoms. The molecule has 0 radical (unpaired) electrons. The molecule has 2 aromatic rings. The number of benzene rings is 2. The number of hydrogen-bond acceptors (Lipinski definition) is 1. The Balaban J connectivity index is 2.68. The summed E-state index contributed by atoms with van der Waals surface area (Å²) in [5.74, 6) is -10.5. The summed E-state index contributed by atoms with van der Waals surface area (Å²) in [4.78, 5) is 0. The van der Waals surface area contributed by atoms with Crippen LogP contribution in [0.5, 0.6) is 0 Å². The van der Waals surface area contributed by atoms with Gasteiger partial charge < -0.3 is 5.11 Å². The highest BCUT2D eigenvalue weighted by Crippen LogP contribution is 2.32. The first-order valence-corrected chi connectivity index (χ1v) is 5.61. The average Bonchev–Trinajstić information content (AvgIpc) is 2.43. The molecule has 0 saturated carbocycles. The maximum Gasteiger partial charge on any atom is 0.200 e. The van der Waals surface area contributed by atoms with Gasteiger partial charge in [0.25, 0.3) is 0 Å². The summed E-state index contributed by atoms with van der Waals surface area (Å²) >= 11 is 0. The van der Waals surface area contributed by atoms with E-state index in [-0.39, 0.29) is 5.56 Å². The quantitative estimate of drug-likeness (QED) is 0.506. The van der Waals surface area contributed by atoms with Gasteiger partial charge in [-0.1, -0.05) is 24.3 Å². The number of hydrogen-bond donors (Lipinski definition) is 1. The lowest BCUT2D eigenvalue weighted by atomic mass is 9.96. The molecule has 0 aliphatic heterocycles. The van der Waals surface area contributed by atoms with E-state index in [1.54, 1.807) is 19.1 Å². The second-order valence-electron chi connectivity index (χ2n) is 4.24. The topological polar surface area (TPSA) is 20.2 Å². The Morgan fingerprint density at radius 3 is 1.75 bits per heavy atom. The van der Waals surface area contributed by atoms with Crippen molar-refractivity contribution in [3.8, 4) is 0 Å². The van der Waals surface area contributed by atoms with Crippen LogP contribution >= 0.6 is 0 Å². The van der Waals surface area contributed by atoms with Gasteiger partial charge in [0, 0.05) is 0 Å². The molecule has 0 bridgehead atoms. The molecule has 20 heavy (non-hydrogen) atoms. The van der Waals surface area contributed by atoms with Crippen LogP contribution in [-0.2, 0) is 0 Å². The fraction of sp³-hybridized carbons (Fsp3) is 0.143. The molecule has 2 rings (SSSR count). The second kappa shape index (κ2) is 5.20. The maximum atomic E-state index is 13.6. The SMILES string of the molecule is Cc1ccccc1C(O)c1c(F)c(F)c(F)c(F)c1F. The number of aryl methyl sites for hydroxylation is 1. The van der Waals surface area contributed by atoms with Gasteiger partial charge in [0.1, 0.15) is 6.10 Å². The van der Waals surface area contributed by atoms with Crippen molar-refractivity contribution in [2.24, 2.45) is 0 Å². The first-order valence-electron chi connectivity index (χ1n) is 5.61. The first kappa shape index (κ1) is 14.5. The highest BCUT2D eigenvalue weighted by atomic mass is 19.2. The van der Waals surface area contributed by atoms with Crippen LogP contribution in [0.15, 0.2) is 24.3 Å². The summed E-state index contributed by atoms with van der Waals surface area (Å²) in [6.45, 7) is 1.55. The molecular formula is C14H9F5O. The lowest BCUT2D eigenvalue weighted by molar-refractivity contribution is 0.202. The van der Waals surface area contributed by atoms with E-state index in [1.807, 2.05) is 0 Å². The minimum atomic E-state index is -2.25. The average molecular weight is 288 g/mol. The van der Waals surface area contributed by atoms with Crippen molar-refractivity contribution in [2.45, 2.75) is 13.0 Å². The fourth-order valence-corrected chi connectivity index (χ4v) is 1.91. The van der Waals surface area contributed by atoms with Crippen LogP contribution in [0.1, 0.15) is 22.8 Å². The second-order valence-corrected chi connectivity index (χ2v) is 4.24. The first-order chi connectivity index (χ1) is 9.36. The highest BCUT2D eigenvalue weighted by Gasteiger charge is 2.30. The van der Waals surface area contributed by atoms with E-state index in [1.165, 1.54) is 12.1 Å². The zero-order chi connectivity index (χ0) is 15.0. The normalized spacial score (nSPS) is 12.6. The molecule has 0 saturated heterocycles. The van der Waals surface area contributed by atoms with Gasteiger partial charge in [-0.25, -0.2) is 22.0 Å². The summed E-state index contributed by atoms with van der Waals surface area (Å²) in [6.07, 6.45) is -1.94. The van der Waals surface area contributed by atoms with Crippen molar-refractivity contribution in [3.05, 3.63) is 70.0 Å². The van der Waals surface area contributed by atoms with Crippen LogP contribution in [0.3, 0.4) is 0 Å². The third-order valence-electron chi connectivity index (χ3n) is 3.00. The van der Waals surface area contributed by atoms with Crippen molar-refractivity contribution >= 4 is 0 Å². The molecule has 1 N–H and O–H groups in total. The highest BCUT2D eigenvalue weighted by molar-refractivity contribution is 5.37. The molecule has 0 spiro atoms. The van der Waals surface area contributed by atoms with Gasteiger partial charge in [-0.15, -0.1) is 0 Å². The summed E-state index contributed by atoms with van der Waals surface area (Å²) in [5.41, 5.74) is -0.727. The van der Waals surface area contributed by atoms with Gasteiger partial charge in [0.2, 0.25) is 5.82 Å². The third-order valence-corrected chi connectivity index (χ3v) is 3.00. The Morgan fingerprint density at radius 2 is 1.25 bits per heavy atom. The van der Waals surface area contributed by atoms with E-state index in [0.29, 0.717) is 5.56 Å². The molecule has 0 heterocycles. The Bertz CT molecular complexity index is 640. The largest absolute Gasteiger partial charge is 0.383 e. The van der Waals surface area contributed by atoms with Crippen molar-refractivity contribution in [1.29, 1.82) is 0 Å². The number of aliphatic hydroxyl groups excluding tert-OH is 1. The molecular weight excluding hydrogens is 279 g/mol. The Hall–Kier alpha value is -1.95. The number of aliphatic hydroxyl groups is 1. The Kier molecular flexibility index (Phi) is 3.76. The molecule has 0 fully saturated rings. The van der Waals surface area contributed by atoms with Crippen LogP contribution in [0.2, 0.25) is 0 Å². The van der Waals surface area contributed by atoms with Crippen molar-refractivity contribution < 1.29 is 27.1 Å². The number of rotatable bonds is 2. The monoisotopic (exact) mass is 288 g/mol. The molecule has 0 aliphatic carbocycles. The van der Waals surface area contributed by atoms with E-state index >= 15 is 0 Å². The van der Waals surface area contributed by atoms with E-state index in [9.17, 15) is 27.1 Å². The van der Waals surface area contributed by atoms with E-state index in [2.05, 4.69) is 0 Å². The predicted octanol–water partition coefficient (Wildman–Crippen LogP) is 3.77. The minimum Gasteiger partial charge on any atom is -0.383 e. The minimum absolute atomic E-state index is 0.0655. The summed E-state index contributed by atoms with van der Waals surface area (Å²) < 4.78 is 66.3. The van der Waals surface area contributed by atoms with Crippen molar-refractivity contribution in [2.75, 3.05) is 0 Å². The molecule has 106 valence electrons. The Labute approximate surface area is 111 Å². The van der Waals surface area contributed by atoms with Crippen LogP contribution in [0.25, 0.3) is 0 Å². The van der Waals surface area contributed by atoms with E-state index < -0.39 is 40.8 Å². The number of halogens is 5. The molecule has 0 aliphatic rings. The summed E-state index contributed by atoms with van der Waals surface area (Å²) in [6, 6.07) is 5.99. The van der Waals surface area contributed by atoms with E-state index in [0.717, 1.165) is 0 Å². The molecule has 2 aromatic carbocycles. The molecule has 1 atom stereocenters. The van der Waals surface area contributed by atoms with Gasteiger partial charge in [-0.2, -0.15) is 0 Å². The van der Waals surface area contributed by atoms with Crippen LogP contribution in [0, 0.1) is 36.0 Å². The molecule has 1 nitrogen and oxygen atoms in total. The summed E-state index contributed by atoms with van der Waals surface area (Å²) in [7, 11) is 0. The van der Waals surface area contributed by atoms with Crippen molar-refractivity contribution in [3.63, 3.8) is 0 Å². The fourth-order valence-electron chi connectivity index (χ4n) is 1.91. The van der Waals surface area contributed by atoms with Gasteiger partial charge in [-0.3, -0.25) is 0 Å². The van der Waals surface area contributed by atoms with Gasteiger partial charge >= 0.3 is 0 Å².